The van der Waals surface area contributed by atoms with Gasteiger partial charge in [-0.3, -0.25) is 0 Å². The number of rotatable bonds is 1. The number of aliphatic hydroxyl groups is 1. The molecule has 0 saturated carbocycles. The maximum Gasteiger partial charge on any atom is 0.134 e. The van der Waals surface area contributed by atoms with Gasteiger partial charge in [-0.2, -0.15) is 0 Å². The predicted octanol–water partition coefficient (Wildman–Crippen LogP) is 1.52. The molecule has 0 spiro atoms. The molecule has 0 amide bonds. The molecule has 0 aliphatic heterocycles. The van der Waals surface area contributed by atoms with E-state index in [1.807, 2.05) is 0 Å². The molecule has 3 heteroatoms. The van der Waals surface area contributed by atoms with Crippen molar-refractivity contribution in [2.24, 2.45) is 0 Å². The van der Waals surface area contributed by atoms with Gasteiger partial charge in [-0.1, -0.05) is 11.8 Å². The van der Waals surface area contributed by atoms with Gasteiger partial charge in [0, 0.05) is 6.07 Å². The van der Waals surface area contributed by atoms with Crippen LogP contribution in [0.3, 0.4) is 0 Å². The molecule has 0 aliphatic rings. The molecule has 0 unspecified atom stereocenters. The second kappa shape index (κ2) is 4.24. The van der Waals surface area contributed by atoms with Crippen molar-refractivity contribution in [3.63, 3.8) is 0 Å². The zero-order valence-electron chi connectivity index (χ0n) is 9.03. The zero-order valence-corrected chi connectivity index (χ0v) is 9.03. The van der Waals surface area contributed by atoms with Crippen LogP contribution in [0.1, 0.15) is 19.4 Å². The molecule has 1 aromatic carbocycles. The van der Waals surface area contributed by atoms with Gasteiger partial charge in [0.15, 0.2) is 0 Å². The lowest BCUT2D eigenvalue weighted by molar-refractivity contribution is 0.143. The molecule has 15 heavy (non-hydrogen) atoms. The van der Waals surface area contributed by atoms with Crippen LogP contribution in [-0.2, 0) is 0 Å². The molecule has 0 saturated heterocycles. The average molecular weight is 206 g/mol. The number of methoxy groups -OCH3 is 1. The van der Waals surface area contributed by atoms with Crippen LogP contribution in [0.2, 0.25) is 0 Å². The van der Waals surface area contributed by atoms with Gasteiger partial charge in [-0.15, -0.1) is 0 Å². The summed E-state index contributed by atoms with van der Waals surface area (Å²) in [5, 5.41) is 18.9. The summed E-state index contributed by atoms with van der Waals surface area (Å²) in [6.07, 6.45) is 0. The molecular formula is C12H14O3. The van der Waals surface area contributed by atoms with E-state index < -0.39 is 5.60 Å². The molecular weight excluding hydrogens is 192 g/mol. The highest BCUT2D eigenvalue weighted by atomic mass is 16.5. The maximum atomic E-state index is 9.56. The Hall–Kier alpha value is -1.66. The molecule has 3 nitrogen and oxygen atoms in total. The quantitative estimate of drug-likeness (QED) is 0.685. The van der Waals surface area contributed by atoms with Crippen LogP contribution >= 0.6 is 0 Å². The first-order chi connectivity index (χ1) is 6.92. The number of hydrogen-bond acceptors (Lipinski definition) is 3. The second-order valence-electron chi connectivity index (χ2n) is 3.69. The minimum absolute atomic E-state index is 0.0473. The van der Waals surface area contributed by atoms with Gasteiger partial charge in [0.05, 0.1) is 12.7 Å². The molecule has 1 rings (SSSR count). The number of hydrogen-bond donors (Lipinski definition) is 2. The van der Waals surface area contributed by atoms with Crippen molar-refractivity contribution >= 4 is 0 Å². The monoisotopic (exact) mass is 206 g/mol. The Morgan fingerprint density at radius 1 is 1.33 bits per heavy atom. The van der Waals surface area contributed by atoms with Crippen LogP contribution in [0.25, 0.3) is 0 Å². The number of aromatic hydroxyl groups is 1. The molecule has 0 aliphatic carbocycles. The van der Waals surface area contributed by atoms with E-state index in [-0.39, 0.29) is 5.75 Å². The molecule has 1 aromatic rings. The van der Waals surface area contributed by atoms with Gasteiger partial charge in [-0.25, -0.2) is 0 Å². The fraction of sp³-hybridized carbons (Fsp3) is 0.333. The minimum atomic E-state index is -1.06. The lowest BCUT2D eigenvalue weighted by Crippen LogP contribution is -2.14. The van der Waals surface area contributed by atoms with Crippen LogP contribution in [0.5, 0.6) is 11.5 Å². The number of ether oxygens (including phenoxy) is 1. The Morgan fingerprint density at radius 3 is 2.47 bits per heavy atom. The number of benzene rings is 1. The largest absolute Gasteiger partial charge is 0.507 e. The van der Waals surface area contributed by atoms with E-state index in [0.717, 1.165) is 0 Å². The summed E-state index contributed by atoms with van der Waals surface area (Å²) in [5.74, 6) is 5.94. The van der Waals surface area contributed by atoms with Crippen molar-refractivity contribution in [2.75, 3.05) is 7.11 Å². The summed E-state index contributed by atoms with van der Waals surface area (Å²) < 4.78 is 4.94. The van der Waals surface area contributed by atoms with E-state index >= 15 is 0 Å². The molecule has 0 aromatic heterocycles. The van der Waals surface area contributed by atoms with E-state index in [4.69, 9.17) is 4.74 Å². The molecule has 0 radical (unpaired) electrons. The summed E-state index contributed by atoms with van der Waals surface area (Å²) in [6.45, 7) is 3.17. The molecule has 2 N–H and O–H groups in total. The van der Waals surface area contributed by atoms with Crippen molar-refractivity contribution in [1.29, 1.82) is 0 Å². The number of phenolic OH excluding ortho intramolecular Hbond substituents is 1. The third kappa shape index (κ3) is 3.53. The van der Waals surface area contributed by atoms with Crippen LogP contribution in [0.15, 0.2) is 18.2 Å². The standard InChI is InChI=1S/C12H14O3/c1-12(2,14)7-6-9-4-5-10(15-3)8-11(9)13/h4-5,8,13-14H,1-3H3. The number of phenols is 1. The third-order valence-corrected chi connectivity index (χ3v) is 1.71. The van der Waals surface area contributed by atoms with Gasteiger partial charge >= 0.3 is 0 Å². The van der Waals surface area contributed by atoms with Crippen LogP contribution < -0.4 is 4.74 Å². The van der Waals surface area contributed by atoms with E-state index in [2.05, 4.69) is 11.8 Å². The van der Waals surface area contributed by atoms with E-state index in [1.54, 1.807) is 26.0 Å². The molecule has 0 fully saturated rings. The zero-order chi connectivity index (χ0) is 11.5. The minimum Gasteiger partial charge on any atom is -0.507 e. The lowest BCUT2D eigenvalue weighted by Gasteiger charge is -2.06. The summed E-state index contributed by atoms with van der Waals surface area (Å²) in [4.78, 5) is 0. The summed E-state index contributed by atoms with van der Waals surface area (Å²) >= 11 is 0. The maximum absolute atomic E-state index is 9.56. The van der Waals surface area contributed by atoms with Gasteiger partial charge in [0.25, 0.3) is 0 Å². The Bertz CT molecular complexity index is 405. The first-order valence-corrected chi connectivity index (χ1v) is 4.55. The highest BCUT2D eigenvalue weighted by Gasteiger charge is 2.06. The molecule has 0 heterocycles. The fourth-order valence-corrected chi connectivity index (χ4v) is 0.964. The van der Waals surface area contributed by atoms with Crippen molar-refractivity contribution in [1.82, 2.24) is 0 Å². The summed E-state index contributed by atoms with van der Waals surface area (Å²) in [7, 11) is 1.52. The van der Waals surface area contributed by atoms with Crippen LogP contribution in [-0.4, -0.2) is 22.9 Å². The van der Waals surface area contributed by atoms with Crippen molar-refractivity contribution in [3.8, 4) is 23.3 Å². The molecule has 0 bridgehead atoms. The van der Waals surface area contributed by atoms with Gasteiger partial charge < -0.3 is 14.9 Å². The summed E-state index contributed by atoms with van der Waals surface area (Å²) in [6, 6.07) is 4.83. The Morgan fingerprint density at radius 2 is 2.00 bits per heavy atom. The van der Waals surface area contributed by atoms with Crippen molar-refractivity contribution in [3.05, 3.63) is 23.8 Å². The molecule has 80 valence electrons. The van der Waals surface area contributed by atoms with Gasteiger partial charge in [0.1, 0.15) is 17.1 Å². The molecule has 0 atom stereocenters. The smallest absolute Gasteiger partial charge is 0.134 e. The highest BCUT2D eigenvalue weighted by Crippen LogP contribution is 2.22. The third-order valence-electron chi connectivity index (χ3n) is 1.71. The topological polar surface area (TPSA) is 49.7 Å². The summed E-state index contributed by atoms with van der Waals surface area (Å²) in [5.41, 5.74) is -0.593. The first kappa shape index (κ1) is 11.4. The van der Waals surface area contributed by atoms with E-state index in [1.165, 1.54) is 13.2 Å². The predicted molar refractivity (Wildman–Crippen MR) is 57.8 cm³/mol. The normalized spacial score (nSPS) is 10.4. The lowest BCUT2D eigenvalue weighted by atomic mass is 10.1. The Balaban J connectivity index is 3.01. The van der Waals surface area contributed by atoms with E-state index in [9.17, 15) is 10.2 Å². The van der Waals surface area contributed by atoms with Crippen LogP contribution in [0.4, 0.5) is 0 Å². The fourth-order valence-electron chi connectivity index (χ4n) is 0.964. The van der Waals surface area contributed by atoms with Gasteiger partial charge in [-0.05, 0) is 26.0 Å². The van der Waals surface area contributed by atoms with Crippen LogP contribution in [0, 0.1) is 11.8 Å². The van der Waals surface area contributed by atoms with Crippen molar-refractivity contribution < 1.29 is 14.9 Å². The van der Waals surface area contributed by atoms with E-state index in [0.29, 0.717) is 11.3 Å². The SMILES string of the molecule is COc1ccc(C#CC(C)(C)O)c(O)c1. The highest BCUT2D eigenvalue weighted by molar-refractivity contribution is 5.49. The van der Waals surface area contributed by atoms with Crippen molar-refractivity contribution in [2.45, 2.75) is 19.4 Å². The average Bonchev–Trinajstić information content (AvgIpc) is 2.14. The Kier molecular flexibility index (Phi) is 3.23. The first-order valence-electron chi connectivity index (χ1n) is 4.55. The van der Waals surface area contributed by atoms with Gasteiger partial charge in [0.2, 0.25) is 0 Å². The second-order valence-corrected chi connectivity index (χ2v) is 3.69. The Labute approximate surface area is 89.3 Å².